The molecule has 0 bridgehead atoms. The van der Waals surface area contributed by atoms with E-state index < -0.39 is 29.7 Å². The summed E-state index contributed by atoms with van der Waals surface area (Å²) >= 11 is 6.29. The monoisotopic (exact) mass is 466 g/mol. The zero-order valence-electron chi connectivity index (χ0n) is 17.6. The Hall–Kier alpha value is -3.91. The minimum Gasteiger partial charge on any atom is -0.459 e. The highest BCUT2D eigenvalue weighted by atomic mass is 35.5. The van der Waals surface area contributed by atoms with E-state index >= 15 is 0 Å². The van der Waals surface area contributed by atoms with Crippen molar-refractivity contribution in [3.8, 4) is 5.75 Å². The molecule has 1 atom stereocenters. The van der Waals surface area contributed by atoms with Crippen LogP contribution < -0.4 is 9.64 Å². The summed E-state index contributed by atoms with van der Waals surface area (Å²) in [5.74, 6) is -1.68. The minimum atomic E-state index is -1.04. The van der Waals surface area contributed by atoms with Crippen molar-refractivity contribution < 1.29 is 28.3 Å². The molecule has 3 amide bonds. The number of hydrogen-bond donors (Lipinski definition) is 0. The Labute approximate surface area is 194 Å². The van der Waals surface area contributed by atoms with Crippen LogP contribution in [0.2, 0.25) is 5.02 Å². The first-order valence-corrected chi connectivity index (χ1v) is 10.5. The standard InChI is InChI=1S/C24H19ClN2O6/c1-15(28)33-18-10-8-17(9-11-18)27-22(29)13-20(23(27)30)26(24(31)21-7-4-12-32-21)14-16-5-2-3-6-19(16)25/h2-12,20H,13-14H2,1H3. The largest absolute Gasteiger partial charge is 0.459 e. The maximum atomic E-state index is 13.3. The van der Waals surface area contributed by atoms with Crippen molar-refractivity contribution in [2.75, 3.05) is 4.90 Å². The fraction of sp³-hybridized carbons (Fsp3) is 0.167. The molecular formula is C24H19ClN2O6. The fourth-order valence-electron chi connectivity index (χ4n) is 3.64. The first kappa shape index (κ1) is 22.3. The highest BCUT2D eigenvalue weighted by Crippen LogP contribution is 2.30. The zero-order valence-corrected chi connectivity index (χ0v) is 18.3. The molecule has 0 N–H and O–H groups in total. The van der Waals surface area contributed by atoms with E-state index in [0.29, 0.717) is 16.3 Å². The van der Waals surface area contributed by atoms with Crippen molar-refractivity contribution in [1.82, 2.24) is 4.90 Å². The summed E-state index contributed by atoms with van der Waals surface area (Å²) in [7, 11) is 0. The molecule has 2 aromatic carbocycles. The van der Waals surface area contributed by atoms with Crippen molar-refractivity contribution in [1.29, 1.82) is 0 Å². The van der Waals surface area contributed by atoms with Crippen LogP contribution in [-0.2, 0) is 20.9 Å². The van der Waals surface area contributed by atoms with Gasteiger partial charge in [-0.1, -0.05) is 29.8 Å². The van der Waals surface area contributed by atoms with Crippen LogP contribution in [0, 0.1) is 0 Å². The summed E-state index contributed by atoms with van der Waals surface area (Å²) in [4.78, 5) is 52.8. The van der Waals surface area contributed by atoms with Crippen molar-refractivity contribution in [2.45, 2.75) is 25.9 Å². The Bertz CT molecular complexity index is 1210. The fourth-order valence-corrected chi connectivity index (χ4v) is 3.83. The number of halogens is 1. The molecule has 0 spiro atoms. The highest BCUT2D eigenvalue weighted by Gasteiger charge is 2.45. The molecule has 2 heterocycles. The van der Waals surface area contributed by atoms with Crippen molar-refractivity contribution in [3.63, 3.8) is 0 Å². The van der Waals surface area contributed by atoms with Gasteiger partial charge in [0, 0.05) is 18.5 Å². The van der Waals surface area contributed by atoms with Gasteiger partial charge in [0.05, 0.1) is 18.4 Å². The van der Waals surface area contributed by atoms with E-state index in [1.165, 1.54) is 48.4 Å². The number of anilines is 1. The number of carbonyl (C=O) groups excluding carboxylic acids is 4. The van der Waals surface area contributed by atoms with Gasteiger partial charge in [0.15, 0.2) is 5.76 Å². The lowest BCUT2D eigenvalue weighted by atomic mass is 10.1. The predicted molar refractivity (Wildman–Crippen MR) is 119 cm³/mol. The topological polar surface area (TPSA) is 97.1 Å². The van der Waals surface area contributed by atoms with Gasteiger partial charge >= 0.3 is 5.97 Å². The van der Waals surface area contributed by atoms with Crippen LogP contribution in [-0.4, -0.2) is 34.6 Å². The molecule has 0 radical (unpaired) electrons. The molecule has 1 aromatic heterocycles. The number of furan rings is 1. The minimum absolute atomic E-state index is 0.0160. The number of ether oxygens (including phenoxy) is 1. The molecular weight excluding hydrogens is 448 g/mol. The second-order valence-corrected chi connectivity index (χ2v) is 7.78. The third kappa shape index (κ3) is 4.65. The molecule has 33 heavy (non-hydrogen) atoms. The first-order chi connectivity index (χ1) is 15.8. The average molecular weight is 467 g/mol. The van der Waals surface area contributed by atoms with Gasteiger partial charge < -0.3 is 14.1 Å². The smallest absolute Gasteiger partial charge is 0.308 e. The van der Waals surface area contributed by atoms with Crippen LogP contribution >= 0.6 is 11.6 Å². The summed E-state index contributed by atoms with van der Waals surface area (Å²) in [6, 6.07) is 15.0. The molecule has 3 aromatic rings. The molecule has 1 fully saturated rings. The number of imide groups is 1. The van der Waals surface area contributed by atoms with Crippen LogP contribution in [0.15, 0.2) is 71.3 Å². The van der Waals surface area contributed by atoms with Crippen LogP contribution in [0.25, 0.3) is 0 Å². The lowest BCUT2D eigenvalue weighted by Crippen LogP contribution is -2.45. The van der Waals surface area contributed by atoms with Crippen LogP contribution in [0.4, 0.5) is 5.69 Å². The summed E-state index contributed by atoms with van der Waals surface area (Å²) < 4.78 is 10.2. The number of hydrogen-bond acceptors (Lipinski definition) is 6. The Morgan fingerprint density at radius 2 is 1.82 bits per heavy atom. The van der Waals surface area contributed by atoms with Gasteiger partial charge in [-0.25, -0.2) is 4.90 Å². The van der Waals surface area contributed by atoms with Gasteiger partial charge in [-0.05, 0) is 48.0 Å². The summed E-state index contributed by atoms with van der Waals surface area (Å²) in [6.07, 6.45) is 1.17. The van der Waals surface area contributed by atoms with Gasteiger partial charge in [0.1, 0.15) is 11.8 Å². The third-order valence-corrected chi connectivity index (χ3v) is 5.52. The van der Waals surface area contributed by atoms with Crippen molar-refractivity contribution in [2.24, 2.45) is 0 Å². The van der Waals surface area contributed by atoms with E-state index in [9.17, 15) is 19.2 Å². The Morgan fingerprint density at radius 3 is 2.45 bits per heavy atom. The van der Waals surface area contributed by atoms with Crippen molar-refractivity contribution >= 4 is 41.0 Å². The Morgan fingerprint density at radius 1 is 1.09 bits per heavy atom. The van der Waals surface area contributed by atoms with E-state index in [2.05, 4.69) is 0 Å². The highest BCUT2D eigenvalue weighted by molar-refractivity contribution is 6.31. The van der Waals surface area contributed by atoms with E-state index in [0.717, 1.165) is 4.90 Å². The molecule has 1 unspecified atom stereocenters. The Balaban J connectivity index is 1.64. The van der Waals surface area contributed by atoms with Gasteiger partial charge in [-0.2, -0.15) is 0 Å². The first-order valence-electron chi connectivity index (χ1n) is 10.1. The zero-order chi connectivity index (χ0) is 23.5. The number of benzene rings is 2. The van der Waals surface area contributed by atoms with Gasteiger partial charge in [-0.15, -0.1) is 0 Å². The molecule has 0 aliphatic carbocycles. The second-order valence-electron chi connectivity index (χ2n) is 7.38. The number of nitrogens with zero attached hydrogens (tertiary/aromatic N) is 2. The van der Waals surface area contributed by atoms with Gasteiger partial charge in [0.2, 0.25) is 5.91 Å². The maximum Gasteiger partial charge on any atom is 0.308 e. The SMILES string of the molecule is CC(=O)Oc1ccc(N2C(=O)CC(N(Cc3ccccc3Cl)C(=O)c3ccco3)C2=O)cc1. The van der Waals surface area contributed by atoms with Crippen LogP contribution in [0.3, 0.4) is 0 Å². The number of esters is 1. The van der Waals surface area contributed by atoms with Gasteiger partial charge in [0.25, 0.3) is 11.8 Å². The average Bonchev–Trinajstić information content (AvgIpc) is 3.42. The van der Waals surface area contributed by atoms with E-state index in [-0.39, 0.29) is 24.5 Å². The number of amides is 3. The second kappa shape index (κ2) is 9.30. The predicted octanol–water partition coefficient (Wildman–Crippen LogP) is 3.83. The third-order valence-electron chi connectivity index (χ3n) is 5.15. The Kier molecular flexibility index (Phi) is 6.28. The van der Waals surface area contributed by atoms with Crippen molar-refractivity contribution in [3.05, 3.63) is 83.3 Å². The van der Waals surface area contributed by atoms with Crippen LogP contribution in [0.5, 0.6) is 5.75 Å². The molecule has 9 heteroatoms. The van der Waals surface area contributed by atoms with E-state index in [4.69, 9.17) is 20.8 Å². The summed E-state index contributed by atoms with van der Waals surface area (Å²) in [5, 5.41) is 0.435. The molecule has 168 valence electrons. The lowest BCUT2D eigenvalue weighted by molar-refractivity contribution is -0.132. The van der Waals surface area contributed by atoms with Crippen LogP contribution in [0.1, 0.15) is 29.5 Å². The molecule has 1 saturated heterocycles. The molecule has 8 nitrogen and oxygen atoms in total. The van der Waals surface area contributed by atoms with E-state index in [1.807, 2.05) is 0 Å². The molecule has 0 saturated carbocycles. The quantitative estimate of drug-likeness (QED) is 0.311. The maximum absolute atomic E-state index is 13.3. The molecule has 1 aliphatic heterocycles. The summed E-state index contributed by atoms with van der Waals surface area (Å²) in [5.41, 5.74) is 0.940. The molecule has 4 rings (SSSR count). The summed E-state index contributed by atoms with van der Waals surface area (Å²) in [6.45, 7) is 1.29. The molecule has 1 aliphatic rings. The van der Waals surface area contributed by atoms with E-state index in [1.54, 1.807) is 30.3 Å². The lowest BCUT2D eigenvalue weighted by Gasteiger charge is -2.27. The normalized spacial score (nSPS) is 15.6. The van der Waals surface area contributed by atoms with Gasteiger partial charge in [-0.3, -0.25) is 19.2 Å². The number of rotatable bonds is 6. The number of carbonyl (C=O) groups is 4.